The molecular formula is C55H65IO12. The van der Waals surface area contributed by atoms with Crippen LogP contribution in [0.4, 0.5) is 0 Å². The summed E-state index contributed by atoms with van der Waals surface area (Å²) < 4.78 is 47.4. The van der Waals surface area contributed by atoms with Crippen molar-refractivity contribution in [1.29, 1.82) is 0 Å². The number of halogens is 1. The van der Waals surface area contributed by atoms with Gasteiger partial charge >= 0.3 is 23.9 Å². The highest BCUT2D eigenvalue weighted by Crippen LogP contribution is 2.48. The van der Waals surface area contributed by atoms with E-state index >= 15 is 0 Å². The number of benzene rings is 4. The number of allylic oxidation sites excluding steroid dienone is 4. The van der Waals surface area contributed by atoms with Crippen molar-refractivity contribution < 1.29 is 57.1 Å². The molecule has 0 fully saturated rings. The van der Waals surface area contributed by atoms with Gasteiger partial charge in [-0.2, -0.15) is 0 Å². The van der Waals surface area contributed by atoms with Gasteiger partial charge in [0.1, 0.15) is 45.4 Å². The molecular weight excluding hydrogens is 979 g/mol. The van der Waals surface area contributed by atoms with Crippen molar-refractivity contribution in [1.82, 2.24) is 0 Å². The molecule has 0 spiro atoms. The molecule has 68 heavy (non-hydrogen) atoms. The molecule has 0 aliphatic heterocycles. The Kier molecular flexibility index (Phi) is 17.2. The maximum Gasteiger partial charge on any atom is 0.344 e. The summed E-state index contributed by atoms with van der Waals surface area (Å²) in [5.74, 6) is -0.825. The van der Waals surface area contributed by atoms with Crippen molar-refractivity contribution in [2.45, 2.75) is 118 Å². The second-order valence-electron chi connectivity index (χ2n) is 20.5. The van der Waals surface area contributed by atoms with Crippen molar-refractivity contribution in [3.63, 3.8) is 0 Å². The Morgan fingerprint density at radius 3 is 1.41 bits per heavy atom. The normalized spacial score (nSPS) is 14.3. The first-order valence-electron chi connectivity index (χ1n) is 22.5. The average Bonchev–Trinajstić information content (AvgIpc) is 3.69. The molecule has 0 saturated heterocycles. The fraction of sp³-hybridized carbons (Fsp3) is 0.418. The summed E-state index contributed by atoms with van der Waals surface area (Å²) in [6.45, 7) is 22.4. The zero-order valence-electron chi connectivity index (χ0n) is 41.5. The first-order chi connectivity index (χ1) is 31.6. The van der Waals surface area contributed by atoms with E-state index in [0.29, 0.717) is 23.0 Å². The van der Waals surface area contributed by atoms with Crippen molar-refractivity contribution >= 4 is 52.0 Å². The maximum atomic E-state index is 13.2. The van der Waals surface area contributed by atoms with E-state index in [2.05, 4.69) is 40.8 Å². The Balaban J connectivity index is 1.61. The van der Waals surface area contributed by atoms with E-state index in [0.717, 1.165) is 42.5 Å². The van der Waals surface area contributed by atoms with E-state index in [-0.39, 0.29) is 32.3 Å². The molecule has 0 aromatic heterocycles. The maximum absolute atomic E-state index is 13.2. The molecule has 0 radical (unpaired) electrons. The Morgan fingerprint density at radius 2 is 0.941 bits per heavy atom. The molecule has 4 aromatic rings. The van der Waals surface area contributed by atoms with Crippen molar-refractivity contribution in [3.8, 4) is 34.1 Å². The van der Waals surface area contributed by atoms with Crippen LogP contribution in [0.15, 0.2) is 97.1 Å². The third kappa shape index (κ3) is 16.7. The monoisotopic (exact) mass is 1040 g/mol. The molecule has 0 bridgehead atoms. The Labute approximate surface area is 414 Å². The summed E-state index contributed by atoms with van der Waals surface area (Å²) in [4.78, 5) is 51.0. The van der Waals surface area contributed by atoms with Crippen LogP contribution in [0.25, 0.3) is 16.7 Å². The average molecular weight is 1050 g/mol. The van der Waals surface area contributed by atoms with Crippen LogP contribution in [0.2, 0.25) is 0 Å². The van der Waals surface area contributed by atoms with Gasteiger partial charge in [0.25, 0.3) is 0 Å². The summed E-state index contributed by atoms with van der Waals surface area (Å²) in [5, 5.41) is 0. The summed E-state index contributed by atoms with van der Waals surface area (Å²) in [6.07, 6.45) is 6.33. The molecule has 1 aliphatic rings. The van der Waals surface area contributed by atoms with Gasteiger partial charge in [-0.1, -0.05) is 48.6 Å². The SMILES string of the molecule is Cc1cc(I)cc(C(c2cc(-c3ccc(OCC(=O)OC(C)(C)C)cc3)ccc2OCC(=O)OC(C)(C)C)C2C=CC(c3ccc(OCC(=O)OC(C)(C)C)cc3)=C2)c1OCC(=O)OC(C)(C)C. The largest absolute Gasteiger partial charge is 0.482 e. The lowest BCUT2D eigenvalue weighted by molar-refractivity contribution is -0.158. The van der Waals surface area contributed by atoms with Gasteiger partial charge in [-0.05, 0) is 189 Å². The minimum absolute atomic E-state index is 0.222. The second-order valence-corrected chi connectivity index (χ2v) is 21.7. The first kappa shape index (κ1) is 53.1. The van der Waals surface area contributed by atoms with Gasteiger partial charge in [-0.25, -0.2) is 19.2 Å². The lowest BCUT2D eigenvalue weighted by atomic mass is 9.79. The summed E-state index contributed by atoms with van der Waals surface area (Å²) in [6, 6.07) is 24.7. The molecule has 364 valence electrons. The minimum atomic E-state index is -0.727. The first-order valence-corrected chi connectivity index (χ1v) is 23.6. The highest BCUT2D eigenvalue weighted by Gasteiger charge is 2.33. The van der Waals surface area contributed by atoms with Gasteiger partial charge in [-0.3, -0.25) is 0 Å². The highest BCUT2D eigenvalue weighted by molar-refractivity contribution is 14.1. The van der Waals surface area contributed by atoms with E-state index in [1.165, 1.54) is 0 Å². The van der Waals surface area contributed by atoms with Gasteiger partial charge in [0.15, 0.2) is 26.4 Å². The zero-order valence-corrected chi connectivity index (χ0v) is 43.7. The molecule has 0 N–H and O–H groups in total. The van der Waals surface area contributed by atoms with E-state index < -0.39 is 52.2 Å². The summed E-state index contributed by atoms with van der Waals surface area (Å²) >= 11 is 2.28. The highest BCUT2D eigenvalue weighted by atomic mass is 127. The molecule has 1 aliphatic carbocycles. The van der Waals surface area contributed by atoms with E-state index in [9.17, 15) is 19.2 Å². The van der Waals surface area contributed by atoms with Gasteiger partial charge in [0, 0.05) is 26.5 Å². The van der Waals surface area contributed by atoms with Crippen LogP contribution >= 0.6 is 22.6 Å². The lowest BCUT2D eigenvalue weighted by Crippen LogP contribution is -2.28. The molecule has 0 saturated carbocycles. The van der Waals surface area contributed by atoms with Gasteiger partial charge in [0.05, 0.1) is 0 Å². The zero-order chi connectivity index (χ0) is 50.2. The summed E-state index contributed by atoms with van der Waals surface area (Å²) in [7, 11) is 0. The van der Waals surface area contributed by atoms with Gasteiger partial charge in [0.2, 0.25) is 0 Å². The third-order valence-electron chi connectivity index (χ3n) is 9.65. The fourth-order valence-electron chi connectivity index (χ4n) is 7.33. The quantitative estimate of drug-likeness (QED) is 0.0564. The molecule has 0 heterocycles. The van der Waals surface area contributed by atoms with Crippen molar-refractivity contribution in [3.05, 3.63) is 123 Å². The molecule has 5 rings (SSSR count). The summed E-state index contributed by atoms with van der Waals surface area (Å²) in [5.41, 5.74) is 3.15. The number of rotatable bonds is 17. The number of carbonyl (C=O) groups excluding carboxylic acids is 4. The van der Waals surface area contributed by atoms with Crippen LogP contribution in [0, 0.1) is 16.4 Å². The molecule has 0 amide bonds. The van der Waals surface area contributed by atoms with E-state index in [4.69, 9.17) is 37.9 Å². The minimum Gasteiger partial charge on any atom is -0.482 e. The molecule has 12 nitrogen and oxygen atoms in total. The predicted molar refractivity (Wildman–Crippen MR) is 270 cm³/mol. The number of carbonyl (C=O) groups is 4. The van der Waals surface area contributed by atoms with E-state index in [1.807, 2.05) is 73.7 Å². The van der Waals surface area contributed by atoms with Crippen LogP contribution in [0.1, 0.15) is 111 Å². The number of aryl methyl sites for hydroxylation is 1. The number of hydrogen-bond acceptors (Lipinski definition) is 12. The number of ether oxygens (including phenoxy) is 8. The fourth-order valence-corrected chi connectivity index (χ4v) is 8.13. The third-order valence-corrected chi connectivity index (χ3v) is 10.3. The predicted octanol–water partition coefficient (Wildman–Crippen LogP) is 11.6. The van der Waals surface area contributed by atoms with Gasteiger partial charge in [-0.15, -0.1) is 0 Å². The van der Waals surface area contributed by atoms with Crippen molar-refractivity contribution in [2.75, 3.05) is 26.4 Å². The lowest BCUT2D eigenvalue weighted by Gasteiger charge is -2.29. The van der Waals surface area contributed by atoms with Crippen LogP contribution < -0.4 is 18.9 Å². The molecule has 2 unspecified atom stereocenters. The molecule has 2 atom stereocenters. The smallest absolute Gasteiger partial charge is 0.344 e. The Bertz CT molecular complexity index is 2490. The molecule has 13 heteroatoms. The Morgan fingerprint density at radius 1 is 0.515 bits per heavy atom. The van der Waals surface area contributed by atoms with Crippen LogP contribution in [-0.4, -0.2) is 72.7 Å². The van der Waals surface area contributed by atoms with E-state index in [1.54, 1.807) is 95.2 Å². The van der Waals surface area contributed by atoms with Crippen LogP contribution in [-0.2, 0) is 38.1 Å². The standard InChI is InChI=1S/C55H65IO12/c1-34-26-40(56)29-44(51(34)64-33-49(60)68-55(11,12)13)50(39-15-14-37(27-39)35-16-21-41(22-17-35)61-30-46(57)65-52(2,3)4)43-28-38(20-25-45(43)63-32-48(59)67-54(8,9)10)36-18-23-42(24-19-36)62-31-47(58)66-53(5,6)7/h14-29,39,50H,30-33H2,1-13H3. The van der Waals surface area contributed by atoms with Crippen LogP contribution in [0.3, 0.4) is 0 Å². The van der Waals surface area contributed by atoms with Crippen LogP contribution in [0.5, 0.6) is 23.0 Å². The number of esters is 4. The Hall–Kier alpha value is -5.83. The second kappa shape index (κ2) is 22.1. The van der Waals surface area contributed by atoms with Crippen molar-refractivity contribution in [2.24, 2.45) is 5.92 Å². The number of hydrogen-bond donors (Lipinski definition) is 0. The topological polar surface area (TPSA) is 142 Å². The molecule has 4 aromatic carbocycles. The van der Waals surface area contributed by atoms with Gasteiger partial charge < -0.3 is 37.9 Å².